The van der Waals surface area contributed by atoms with Crippen molar-refractivity contribution in [3.05, 3.63) is 229 Å². The smallest absolute Gasteiger partial charge is 0.167 e. The van der Waals surface area contributed by atoms with Crippen molar-refractivity contribution in [1.29, 1.82) is 0 Å². The molecule has 1 spiro atoms. The first-order valence-corrected chi connectivity index (χ1v) is 21.9. The number of hydrogen-bond acceptors (Lipinski definition) is 6. The van der Waals surface area contributed by atoms with Gasteiger partial charge >= 0.3 is 0 Å². The summed E-state index contributed by atoms with van der Waals surface area (Å²) in [7, 11) is 0. The van der Waals surface area contributed by atoms with E-state index in [2.05, 4.69) is 146 Å². The van der Waals surface area contributed by atoms with Gasteiger partial charge in [0, 0.05) is 49.4 Å². The first-order chi connectivity index (χ1) is 32.2. The second-order valence-corrected chi connectivity index (χ2v) is 16.8. The Morgan fingerprint density at radius 2 is 0.923 bits per heavy atom. The van der Waals surface area contributed by atoms with Gasteiger partial charge in [-0.3, -0.25) is 0 Å². The summed E-state index contributed by atoms with van der Waals surface area (Å²) in [6, 6.07) is 71.9. The van der Waals surface area contributed by atoms with Crippen LogP contribution in [0, 0.1) is 0 Å². The van der Waals surface area contributed by atoms with Crippen molar-refractivity contribution in [2.45, 2.75) is 5.41 Å². The molecule has 0 radical (unpaired) electrons. The Morgan fingerprint density at radius 1 is 0.338 bits per heavy atom. The normalized spacial score (nSPS) is 13.2. The Bertz CT molecular complexity index is 3890. The zero-order valence-electron chi connectivity index (χ0n) is 34.7. The topological polar surface area (TPSA) is 73.9 Å². The van der Waals surface area contributed by atoms with Crippen molar-refractivity contribution in [1.82, 2.24) is 19.9 Å². The van der Waals surface area contributed by atoms with Crippen LogP contribution >= 0.6 is 0 Å². The van der Waals surface area contributed by atoms with E-state index in [4.69, 9.17) is 29.1 Å². The molecule has 302 valence electrons. The summed E-state index contributed by atoms with van der Waals surface area (Å²) in [6.07, 6.45) is 0. The van der Waals surface area contributed by atoms with Crippen molar-refractivity contribution in [3.63, 3.8) is 0 Å². The summed E-state index contributed by atoms with van der Waals surface area (Å²) in [5.41, 5.74) is 13.6. The van der Waals surface area contributed by atoms with Gasteiger partial charge in [0.05, 0.1) is 22.2 Å². The highest BCUT2D eigenvalue weighted by atomic mass is 16.5. The van der Waals surface area contributed by atoms with Gasteiger partial charge in [-0.2, -0.15) is 0 Å². The average molecular weight is 831 g/mol. The quantitative estimate of drug-likeness (QED) is 0.165. The van der Waals surface area contributed by atoms with E-state index < -0.39 is 5.41 Å². The Balaban J connectivity index is 0.952. The molecule has 6 heteroatoms. The van der Waals surface area contributed by atoms with E-state index in [9.17, 15) is 0 Å². The molecule has 2 aliphatic rings. The second-order valence-electron chi connectivity index (χ2n) is 16.8. The SMILES string of the molecule is c1ccc(-c2nc(-c3ccc(-c4nc5ccccc5c5cc6c(cc45)Oc4ccccc4C64c5ccccc5-c5ccccc54)cc3)nc(-c3cccc4c3oc3ccccc34)n2)cc1. The number of nitrogens with zero attached hydrogens (tertiary/aromatic N) is 4. The average Bonchev–Trinajstić information content (AvgIpc) is 3.90. The summed E-state index contributed by atoms with van der Waals surface area (Å²) in [4.78, 5) is 20.6. The van der Waals surface area contributed by atoms with Gasteiger partial charge in [-0.05, 0) is 64.0 Å². The molecule has 0 unspecified atom stereocenters. The minimum Gasteiger partial charge on any atom is -0.457 e. The molecule has 0 saturated carbocycles. The van der Waals surface area contributed by atoms with Crippen molar-refractivity contribution in [2.75, 3.05) is 0 Å². The fraction of sp³-hybridized carbons (Fsp3) is 0.0169. The maximum atomic E-state index is 6.96. The number of pyridine rings is 1. The lowest BCUT2D eigenvalue weighted by molar-refractivity contribution is 0.437. The maximum Gasteiger partial charge on any atom is 0.167 e. The minimum absolute atomic E-state index is 0.543. The Labute approximate surface area is 373 Å². The fourth-order valence-corrected chi connectivity index (χ4v) is 10.6. The Hall–Kier alpha value is -8.74. The van der Waals surface area contributed by atoms with Gasteiger partial charge in [0.25, 0.3) is 0 Å². The number of benzene rings is 9. The fourth-order valence-electron chi connectivity index (χ4n) is 10.6. The number of aromatic nitrogens is 4. The molecule has 0 fully saturated rings. The van der Waals surface area contributed by atoms with Gasteiger partial charge in [-0.1, -0.05) is 170 Å². The van der Waals surface area contributed by atoms with Crippen LogP contribution in [0.15, 0.2) is 211 Å². The molecule has 65 heavy (non-hydrogen) atoms. The maximum absolute atomic E-state index is 6.96. The standard InChI is InChI=1S/C59H34N4O2/c1-2-15-36(16-3-1)56-61-57(63-58(62-56)43-22-14-21-42-41-20-7-12-27-51(41)65-55(42)43)37-31-29-35(30-32-37)54-45-34-53-49(33-44(45)40-19-6-11-26-50(40)60-54)59(48-25-10-13-28-52(48)64-53)46-23-8-4-17-38(46)39-18-5-9-24-47(39)59/h1-34H. The minimum atomic E-state index is -0.574. The van der Waals surface area contributed by atoms with E-state index in [1.807, 2.05) is 60.7 Å². The number of furan rings is 1. The number of rotatable bonds is 4. The molecule has 0 atom stereocenters. The van der Waals surface area contributed by atoms with E-state index in [1.54, 1.807) is 0 Å². The highest BCUT2D eigenvalue weighted by Crippen LogP contribution is 2.62. The molecule has 6 nitrogen and oxygen atoms in total. The first-order valence-electron chi connectivity index (χ1n) is 21.9. The van der Waals surface area contributed by atoms with Gasteiger partial charge in [-0.15, -0.1) is 0 Å². The molecular weight excluding hydrogens is 797 g/mol. The zero-order valence-corrected chi connectivity index (χ0v) is 34.7. The molecule has 0 N–H and O–H groups in total. The summed E-state index contributed by atoms with van der Waals surface area (Å²) < 4.78 is 13.4. The second kappa shape index (κ2) is 13.6. The summed E-state index contributed by atoms with van der Waals surface area (Å²) in [6.45, 7) is 0. The van der Waals surface area contributed by atoms with Crippen LogP contribution in [-0.4, -0.2) is 19.9 Å². The lowest BCUT2D eigenvalue weighted by Gasteiger charge is -2.39. The summed E-state index contributed by atoms with van der Waals surface area (Å²) in [5.74, 6) is 3.37. The lowest BCUT2D eigenvalue weighted by Crippen LogP contribution is -2.32. The molecule has 0 saturated heterocycles. The van der Waals surface area contributed by atoms with Crippen LogP contribution in [0.1, 0.15) is 22.3 Å². The van der Waals surface area contributed by atoms with Crippen molar-refractivity contribution in [3.8, 4) is 68.0 Å². The Morgan fingerprint density at radius 3 is 1.71 bits per heavy atom. The predicted octanol–water partition coefficient (Wildman–Crippen LogP) is 14.6. The van der Waals surface area contributed by atoms with Crippen molar-refractivity contribution < 1.29 is 9.15 Å². The molecule has 14 rings (SSSR count). The number of hydrogen-bond donors (Lipinski definition) is 0. The third-order valence-corrected chi connectivity index (χ3v) is 13.4. The highest BCUT2D eigenvalue weighted by molar-refractivity contribution is 6.12. The van der Waals surface area contributed by atoms with Crippen molar-refractivity contribution in [2.24, 2.45) is 0 Å². The van der Waals surface area contributed by atoms with Crippen LogP contribution in [0.5, 0.6) is 11.5 Å². The zero-order chi connectivity index (χ0) is 42.6. The largest absolute Gasteiger partial charge is 0.457 e. The van der Waals surface area contributed by atoms with E-state index in [0.717, 1.165) is 94.2 Å². The monoisotopic (exact) mass is 830 g/mol. The van der Waals surface area contributed by atoms with Gasteiger partial charge in [-0.25, -0.2) is 19.9 Å². The molecule has 1 aliphatic carbocycles. The highest BCUT2D eigenvalue weighted by Gasteiger charge is 2.51. The van der Waals surface area contributed by atoms with Crippen LogP contribution in [0.2, 0.25) is 0 Å². The number of para-hydroxylation sites is 4. The Kier molecular flexibility index (Phi) is 7.51. The van der Waals surface area contributed by atoms with Crippen LogP contribution in [0.25, 0.3) is 100 Å². The number of ether oxygens (including phenoxy) is 1. The van der Waals surface area contributed by atoms with Crippen LogP contribution in [0.4, 0.5) is 0 Å². The third-order valence-electron chi connectivity index (χ3n) is 13.4. The third kappa shape index (κ3) is 5.16. The van der Waals surface area contributed by atoms with Crippen LogP contribution in [0.3, 0.4) is 0 Å². The molecule has 3 aromatic heterocycles. The van der Waals surface area contributed by atoms with Gasteiger partial charge in [0.2, 0.25) is 0 Å². The van der Waals surface area contributed by atoms with Crippen LogP contribution in [-0.2, 0) is 5.41 Å². The summed E-state index contributed by atoms with van der Waals surface area (Å²) >= 11 is 0. The van der Waals surface area contributed by atoms with Gasteiger partial charge < -0.3 is 9.15 Å². The van der Waals surface area contributed by atoms with Crippen LogP contribution < -0.4 is 4.74 Å². The van der Waals surface area contributed by atoms with E-state index in [1.165, 1.54) is 22.3 Å². The molecular formula is C59H34N4O2. The van der Waals surface area contributed by atoms with E-state index in [0.29, 0.717) is 17.5 Å². The molecule has 4 heterocycles. The predicted molar refractivity (Wildman–Crippen MR) is 259 cm³/mol. The molecule has 12 aromatic rings. The molecule has 0 amide bonds. The van der Waals surface area contributed by atoms with Crippen molar-refractivity contribution >= 4 is 43.6 Å². The van der Waals surface area contributed by atoms with Gasteiger partial charge in [0.1, 0.15) is 22.7 Å². The molecule has 9 aromatic carbocycles. The first kappa shape index (κ1) is 35.8. The molecule has 0 bridgehead atoms. The molecule has 1 aliphatic heterocycles. The number of fused-ring (bicyclic) bond motifs is 15. The summed E-state index contributed by atoms with van der Waals surface area (Å²) in [5, 5.41) is 5.29. The lowest BCUT2D eigenvalue weighted by atomic mass is 9.65. The van der Waals surface area contributed by atoms with E-state index in [-0.39, 0.29) is 0 Å². The van der Waals surface area contributed by atoms with E-state index >= 15 is 0 Å². The van der Waals surface area contributed by atoms with Gasteiger partial charge in [0.15, 0.2) is 17.5 Å².